The summed E-state index contributed by atoms with van der Waals surface area (Å²) >= 11 is 0. The molecule has 7 heteroatoms. The summed E-state index contributed by atoms with van der Waals surface area (Å²) in [4.78, 5) is 23.6. The van der Waals surface area contributed by atoms with Crippen molar-refractivity contribution in [2.75, 3.05) is 32.2 Å². The van der Waals surface area contributed by atoms with E-state index in [0.717, 1.165) is 24.7 Å². The summed E-state index contributed by atoms with van der Waals surface area (Å²) in [5, 5.41) is 2.89. The largest absolute Gasteiger partial charge is 0.497 e. The summed E-state index contributed by atoms with van der Waals surface area (Å²) < 4.78 is 10.4. The normalized spacial score (nSPS) is 14.0. The van der Waals surface area contributed by atoms with E-state index in [4.69, 9.17) is 9.47 Å². The zero-order valence-electron chi connectivity index (χ0n) is 15.2. The zero-order valence-corrected chi connectivity index (χ0v) is 15.2. The van der Waals surface area contributed by atoms with Crippen LogP contribution in [-0.4, -0.2) is 43.2 Å². The molecule has 0 radical (unpaired) electrons. The van der Waals surface area contributed by atoms with Crippen LogP contribution in [0.3, 0.4) is 0 Å². The first-order chi connectivity index (χ1) is 12.7. The van der Waals surface area contributed by atoms with Crippen molar-refractivity contribution in [3.8, 4) is 11.5 Å². The van der Waals surface area contributed by atoms with Gasteiger partial charge in [0.05, 0.1) is 26.5 Å². The first kappa shape index (κ1) is 18.0. The van der Waals surface area contributed by atoms with Gasteiger partial charge in [-0.15, -0.1) is 0 Å². The first-order valence-corrected chi connectivity index (χ1v) is 8.78. The van der Waals surface area contributed by atoms with Gasteiger partial charge < -0.3 is 19.7 Å². The summed E-state index contributed by atoms with van der Waals surface area (Å²) in [6.07, 6.45) is 5.34. The van der Waals surface area contributed by atoms with Gasteiger partial charge in [-0.25, -0.2) is 9.97 Å². The standard InChI is InChI=1S/C19H24N4O3/c1-25-16-10-14(11-17(12-16)26-2)18(24)21-13-15-6-7-20-19(22-15)23-8-4-3-5-9-23/h6-7,10-12H,3-5,8-9,13H2,1-2H3,(H,21,24). The summed E-state index contributed by atoms with van der Waals surface area (Å²) in [6.45, 7) is 2.31. The van der Waals surface area contributed by atoms with Crippen LogP contribution in [0.2, 0.25) is 0 Å². The Kier molecular flexibility index (Phi) is 5.88. The van der Waals surface area contributed by atoms with Gasteiger partial charge in [0.1, 0.15) is 11.5 Å². The maximum Gasteiger partial charge on any atom is 0.251 e. The lowest BCUT2D eigenvalue weighted by Crippen LogP contribution is -2.31. The van der Waals surface area contributed by atoms with E-state index in [2.05, 4.69) is 20.2 Å². The van der Waals surface area contributed by atoms with E-state index in [9.17, 15) is 4.79 Å². The van der Waals surface area contributed by atoms with E-state index < -0.39 is 0 Å². The van der Waals surface area contributed by atoms with Crippen molar-refractivity contribution in [3.63, 3.8) is 0 Å². The Hall–Kier alpha value is -2.83. The molecule has 1 amide bonds. The number of nitrogens with zero attached hydrogens (tertiary/aromatic N) is 3. The molecule has 1 aliphatic rings. The molecule has 3 rings (SSSR count). The zero-order chi connectivity index (χ0) is 18.4. The van der Waals surface area contributed by atoms with Crippen LogP contribution >= 0.6 is 0 Å². The number of ether oxygens (including phenoxy) is 2. The Balaban J connectivity index is 1.66. The van der Waals surface area contributed by atoms with Gasteiger partial charge in [-0.1, -0.05) is 0 Å². The van der Waals surface area contributed by atoms with Crippen LogP contribution < -0.4 is 19.7 Å². The maximum atomic E-state index is 12.5. The number of carbonyl (C=O) groups excluding carboxylic acids is 1. The Morgan fingerprint density at radius 3 is 2.46 bits per heavy atom. The molecule has 26 heavy (non-hydrogen) atoms. The molecule has 0 spiro atoms. The SMILES string of the molecule is COc1cc(OC)cc(C(=O)NCc2ccnc(N3CCCCC3)n2)c1. The summed E-state index contributed by atoms with van der Waals surface area (Å²) in [5.41, 5.74) is 1.26. The number of benzene rings is 1. The minimum Gasteiger partial charge on any atom is -0.497 e. The molecule has 1 N–H and O–H groups in total. The third kappa shape index (κ3) is 4.41. The van der Waals surface area contributed by atoms with Gasteiger partial charge in [0, 0.05) is 30.9 Å². The fourth-order valence-corrected chi connectivity index (χ4v) is 2.94. The van der Waals surface area contributed by atoms with Crippen LogP contribution in [-0.2, 0) is 6.54 Å². The van der Waals surface area contributed by atoms with E-state index in [1.54, 1.807) is 38.6 Å². The second-order valence-electron chi connectivity index (χ2n) is 6.18. The van der Waals surface area contributed by atoms with Gasteiger partial charge in [-0.05, 0) is 37.5 Å². The van der Waals surface area contributed by atoms with Gasteiger partial charge in [-0.3, -0.25) is 4.79 Å². The van der Waals surface area contributed by atoms with Crippen molar-refractivity contribution in [3.05, 3.63) is 41.7 Å². The average molecular weight is 356 g/mol. The molecule has 0 unspecified atom stereocenters. The van der Waals surface area contributed by atoms with Crippen LogP contribution in [0.4, 0.5) is 5.95 Å². The molecule has 1 fully saturated rings. The van der Waals surface area contributed by atoms with Crippen molar-refractivity contribution < 1.29 is 14.3 Å². The lowest BCUT2D eigenvalue weighted by molar-refractivity contribution is 0.0949. The molecule has 0 saturated carbocycles. The fourth-order valence-electron chi connectivity index (χ4n) is 2.94. The third-order valence-corrected chi connectivity index (χ3v) is 4.38. The van der Waals surface area contributed by atoms with Crippen molar-refractivity contribution in [1.29, 1.82) is 0 Å². The third-order valence-electron chi connectivity index (χ3n) is 4.38. The number of aromatic nitrogens is 2. The van der Waals surface area contributed by atoms with Gasteiger partial charge in [0.2, 0.25) is 5.95 Å². The maximum absolute atomic E-state index is 12.5. The number of amides is 1. The van der Waals surface area contributed by atoms with Crippen LogP contribution in [0.5, 0.6) is 11.5 Å². The Morgan fingerprint density at radius 2 is 1.81 bits per heavy atom. The molecular formula is C19H24N4O3. The lowest BCUT2D eigenvalue weighted by Gasteiger charge is -2.26. The highest BCUT2D eigenvalue weighted by Crippen LogP contribution is 2.22. The summed E-state index contributed by atoms with van der Waals surface area (Å²) in [5.74, 6) is 1.67. The number of carbonyl (C=O) groups is 1. The predicted octanol–water partition coefficient (Wildman–Crippen LogP) is 2.41. The molecular weight excluding hydrogens is 332 g/mol. The summed E-state index contributed by atoms with van der Waals surface area (Å²) in [6, 6.07) is 6.90. The second-order valence-corrected chi connectivity index (χ2v) is 6.18. The quantitative estimate of drug-likeness (QED) is 0.857. The van der Waals surface area contributed by atoms with Gasteiger partial charge in [0.15, 0.2) is 0 Å². The smallest absolute Gasteiger partial charge is 0.251 e. The number of anilines is 1. The van der Waals surface area contributed by atoms with Crippen molar-refractivity contribution in [2.45, 2.75) is 25.8 Å². The molecule has 1 aliphatic heterocycles. The van der Waals surface area contributed by atoms with E-state index in [1.807, 2.05) is 6.07 Å². The summed E-state index contributed by atoms with van der Waals surface area (Å²) in [7, 11) is 3.11. The fraction of sp³-hybridized carbons (Fsp3) is 0.421. The van der Waals surface area contributed by atoms with E-state index in [-0.39, 0.29) is 5.91 Å². The lowest BCUT2D eigenvalue weighted by atomic mass is 10.1. The molecule has 1 saturated heterocycles. The molecule has 138 valence electrons. The van der Waals surface area contributed by atoms with E-state index in [1.165, 1.54) is 19.3 Å². The molecule has 1 aromatic heterocycles. The number of hydrogen-bond donors (Lipinski definition) is 1. The number of methoxy groups -OCH3 is 2. The van der Waals surface area contributed by atoms with Crippen LogP contribution in [0.1, 0.15) is 35.3 Å². The second kappa shape index (κ2) is 8.51. The predicted molar refractivity (Wildman–Crippen MR) is 98.8 cm³/mol. The highest BCUT2D eigenvalue weighted by Gasteiger charge is 2.14. The van der Waals surface area contributed by atoms with Crippen molar-refractivity contribution >= 4 is 11.9 Å². The van der Waals surface area contributed by atoms with Gasteiger partial charge in [-0.2, -0.15) is 0 Å². The monoisotopic (exact) mass is 356 g/mol. The average Bonchev–Trinajstić information content (AvgIpc) is 2.72. The number of piperidine rings is 1. The van der Waals surface area contributed by atoms with Crippen molar-refractivity contribution in [2.24, 2.45) is 0 Å². The highest BCUT2D eigenvalue weighted by atomic mass is 16.5. The molecule has 2 aromatic rings. The van der Waals surface area contributed by atoms with E-state index in [0.29, 0.717) is 23.6 Å². The van der Waals surface area contributed by atoms with Crippen LogP contribution in [0.25, 0.3) is 0 Å². The van der Waals surface area contributed by atoms with Gasteiger partial charge in [0.25, 0.3) is 5.91 Å². The first-order valence-electron chi connectivity index (χ1n) is 8.78. The van der Waals surface area contributed by atoms with Crippen molar-refractivity contribution in [1.82, 2.24) is 15.3 Å². The number of nitrogens with one attached hydrogen (secondary N) is 1. The molecule has 0 atom stereocenters. The highest BCUT2D eigenvalue weighted by molar-refractivity contribution is 5.95. The molecule has 7 nitrogen and oxygen atoms in total. The number of hydrogen-bond acceptors (Lipinski definition) is 6. The molecule has 0 bridgehead atoms. The van der Waals surface area contributed by atoms with Crippen LogP contribution in [0.15, 0.2) is 30.5 Å². The molecule has 1 aromatic carbocycles. The Morgan fingerprint density at radius 1 is 1.12 bits per heavy atom. The van der Waals surface area contributed by atoms with Gasteiger partial charge >= 0.3 is 0 Å². The minimum atomic E-state index is -0.208. The van der Waals surface area contributed by atoms with Crippen LogP contribution in [0, 0.1) is 0 Å². The molecule has 0 aliphatic carbocycles. The minimum absolute atomic E-state index is 0.208. The topological polar surface area (TPSA) is 76.6 Å². The Bertz CT molecular complexity index is 738. The number of rotatable bonds is 6. The molecule has 2 heterocycles. The van der Waals surface area contributed by atoms with E-state index >= 15 is 0 Å². The Labute approximate surface area is 153 Å².